The van der Waals surface area contributed by atoms with Crippen molar-refractivity contribution in [1.82, 2.24) is 5.32 Å². The van der Waals surface area contributed by atoms with Gasteiger partial charge < -0.3 is 0 Å². The van der Waals surface area contributed by atoms with Gasteiger partial charge in [0.25, 0.3) is 0 Å². The highest BCUT2D eigenvalue weighted by Gasteiger charge is 2.13. The fraction of sp³-hybridized carbons (Fsp3) is 0.778. The molecule has 0 bridgehead atoms. The molecule has 1 atom stereocenters. The number of rotatable bonds is 5. The van der Waals surface area contributed by atoms with E-state index < -0.39 is 0 Å². The minimum atomic E-state index is -0.355. The standard InChI is InChI=1S/C9H18ClN/c1-4-6-7-9(3,10)11-8-5-2/h6-7,11H,4-5,8H2,1-3H3/b7-6-. The fourth-order valence-electron chi connectivity index (χ4n) is 0.768. The summed E-state index contributed by atoms with van der Waals surface area (Å²) in [5.41, 5.74) is 0. The monoisotopic (exact) mass is 175 g/mol. The van der Waals surface area contributed by atoms with E-state index >= 15 is 0 Å². The molecule has 0 fully saturated rings. The van der Waals surface area contributed by atoms with Crippen molar-refractivity contribution in [1.29, 1.82) is 0 Å². The Hall–Kier alpha value is -0.0100. The average Bonchev–Trinajstić information content (AvgIpc) is 1.97. The maximum atomic E-state index is 6.10. The van der Waals surface area contributed by atoms with Gasteiger partial charge in [-0.05, 0) is 26.3 Å². The largest absolute Gasteiger partial charge is 0.296 e. The maximum Gasteiger partial charge on any atom is 0.109 e. The van der Waals surface area contributed by atoms with Crippen molar-refractivity contribution in [3.8, 4) is 0 Å². The van der Waals surface area contributed by atoms with Gasteiger partial charge in [0.2, 0.25) is 0 Å². The van der Waals surface area contributed by atoms with Crippen LogP contribution in [0.1, 0.15) is 33.6 Å². The molecule has 0 saturated carbocycles. The van der Waals surface area contributed by atoms with Gasteiger partial charge in [-0.2, -0.15) is 0 Å². The van der Waals surface area contributed by atoms with Crippen molar-refractivity contribution in [2.75, 3.05) is 6.54 Å². The molecule has 0 aliphatic heterocycles. The summed E-state index contributed by atoms with van der Waals surface area (Å²) in [6.45, 7) is 7.16. The van der Waals surface area contributed by atoms with Crippen LogP contribution in [0.25, 0.3) is 0 Å². The molecule has 0 aliphatic rings. The molecule has 66 valence electrons. The number of alkyl halides is 1. The Bertz CT molecular complexity index is 119. The summed E-state index contributed by atoms with van der Waals surface area (Å²) >= 11 is 6.10. The molecule has 0 aromatic rings. The van der Waals surface area contributed by atoms with Gasteiger partial charge in [-0.1, -0.05) is 37.6 Å². The topological polar surface area (TPSA) is 12.0 Å². The van der Waals surface area contributed by atoms with Crippen molar-refractivity contribution >= 4 is 11.6 Å². The molecule has 0 radical (unpaired) electrons. The minimum Gasteiger partial charge on any atom is -0.296 e. The second-order valence-corrected chi connectivity index (χ2v) is 3.60. The van der Waals surface area contributed by atoms with Crippen LogP contribution in [0.4, 0.5) is 0 Å². The van der Waals surface area contributed by atoms with Crippen LogP contribution in [0.15, 0.2) is 12.2 Å². The summed E-state index contributed by atoms with van der Waals surface area (Å²) in [7, 11) is 0. The van der Waals surface area contributed by atoms with Crippen LogP contribution in [0.3, 0.4) is 0 Å². The quantitative estimate of drug-likeness (QED) is 0.385. The van der Waals surface area contributed by atoms with E-state index in [1.165, 1.54) is 0 Å². The highest BCUT2D eigenvalue weighted by Crippen LogP contribution is 2.11. The molecule has 0 aliphatic carbocycles. The summed E-state index contributed by atoms with van der Waals surface area (Å²) in [4.78, 5) is -0.355. The Labute approximate surface area is 74.8 Å². The summed E-state index contributed by atoms with van der Waals surface area (Å²) in [6, 6.07) is 0. The van der Waals surface area contributed by atoms with Gasteiger partial charge in [0.1, 0.15) is 5.00 Å². The smallest absolute Gasteiger partial charge is 0.109 e. The Kier molecular flexibility index (Phi) is 5.61. The van der Waals surface area contributed by atoms with Gasteiger partial charge >= 0.3 is 0 Å². The molecule has 2 heteroatoms. The molecule has 1 nitrogen and oxygen atoms in total. The highest BCUT2D eigenvalue weighted by atomic mass is 35.5. The first-order chi connectivity index (χ1) is 5.12. The fourth-order valence-corrected chi connectivity index (χ4v) is 0.951. The predicted octanol–water partition coefficient (Wildman–Crippen LogP) is 2.91. The van der Waals surface area contributed by atoms with Gasteiger partial charge in [-0.15, -0.1) is 0 Å². The van der Waals surface area contributed by atoms with Crippen LogP contribution >= 0.6 is 11.6 Å². The van der Waals surface area contributed by atoms with Gasteiger partial charge in [-0.25, -0.2) is 0 Å². The van der Waals surface area contributed by atoms with Crippen molar-refractivity contribution < 1.29 is 0 Å². The minimum absolute atomic E-state index is 0.355. The molecule has 0 amide bonds. The lowest BCUT2D eigenvalue weighted by molar-refractivity contribution is 0.573. The Morgan fingerprint density at radius 2 is 2.09 bits per heavy atom. The Morgan fingerprint density at radius 1 is 1.45 bits per heavy atom. The van der Waals surface area contributed by atoms with Crippen molar-refractivity contribution in [3.63, 3.8) is 0 Å². The van der Waals surface area contributed by atoms with Crippen LogP contribution in [0, 0.1) is 0 Å². The Morgan fingerprint density at radius 3 is 2.55 bits per heavy atom. The molecule has 11 heavy (non-hydrogen) atoms. The molecule has 0 spiro atoms. The van der Waals surface area contributed by atoms with Crippen LogP contribution < -0.4 is 5.32 Å². The second kappa shape index (κ2) is 5.62. The second-order valence-electron chi connectivity index (χ2n) is 2.81. The van der Waals surface area contributed by atoms with Crippen molar-refractivity contribution in [2.24, 2.45) is 0 Å². The third-order valence-corrected chi connectivity index (χ3v) is 1.65. The summed E-state index contributed by atoms with van der Waals surface area (Å²) in [5, 5.41) is 3.22. The molecular weight excluding hydrogens is 158 g/mol. The van der Waals surface area contributed by atoms with E-state index in [0.29, 0.717) is 0 Å². The Balaban J connectivity index is 3.69. The van der Waals surface area contributed by atoms with E-state index in [1.807, 2.05) is 13.0 Å². The van der Waals surface area contributed by atoms with Crippen LogP contribution in [-0.4, -0.2) is 11.5 Å². The van der Waals surface area contributed by atoms with Crippen molar-refractivity contribution in [2.45, 2.75) is 38.6 Å². The third kappa shape index (κ3) is 6.39. The number of allylic oxidation sites excluding steroid dienone is 1. The number of hydrogen-bond acceptors (Lipinski definition) is 1. The molecule has 0 saturated heterocycles. The van der Waals surface area contributed by atoms with Gasteiger partial charge in [-0.3, -0.25) is 5.32 Å². The summed E-state index contributed by atoms with van der Waals surface area (Å²) < 4.78 is 0. The first-order valence-corrected chi connectivity index (χ1v) is 4.61. The van der Waals surface area contributed by atoms with E-state index in [1.54, 1.807) is 0 Å². The number of hydrogen-bond donors (Lipinski definition) is 1. The molecule has 1 N–H and O–H groups in total. The molecule has 0 aromatic heterocycles. The van der Waals surface area contributed by atoms with E-state index in [-0.39, 0.29) is 5.00 Å². The van der Waals surface area contributed by atoms with Gasteiger partial charge in [0.05, 0.1) is 0 Å². The molecule has 0 rings (SSSR count). The van der Waals surface area contributed by atoms with Crippen molar-refractivity contribution in [3.05, 3.63) is 12.2 Å². The lowest BCUT2D eigenvalue weighted by Gasteiger charge is -2.18. The number of nitrogens with one attached hydrogen (secondary N) is 1. The van der Waals surface area contributed by atoms with E-state index in [4.69, 9.17) is 11.6 Å². The lowest BCUT2D eigenvalue weighted by atomic mass is 10.2. The van der Waals surface area contributed by atoms with E-state index in [9.17, 15) is 0 Å². The van der Waals surface area contributed by atoms with Gasteiger partial charge in [0, 0.05) is 0 Å². The molecule has 0 aromatic carbocycles. The van der Waals surface area contributed by atoms with E-state index in [0.717, 1.165) is 19.4 Å². The SMILES string of the molecule is CC/C=C\C(C)(Cl)NCCC. The first kappa shape index (κ1) is 11.0. The zero-order chi connectivity index (χ0) is 8.74. The molecule has 1 unspecified atom stereocenters. The average molecular weight is 176 g/mol. The summed E-state index contributed by atoms with van der Waals surface area (Å²) in [5.74, 6) is 0. The van der Waals surface area contributed by atoms with Crippen LogP contribution in [0.5, 0.6) is 0 Å². The normalized spacial score (nSPS) is 17.1. The first-order valence-electron chi connectivity index (χ1n) is 4.24. The summed E-state index contributed by atoms with van der Waals surface area (Å²) in [6.07, 6.45) is 6.23. The zero-order valence-corrected chi connectivity index (χ0v) is 8.41. The van der Waals surface area contributed by atoms with Crippen LogP contribution in [0.2, 0.25) is 0 Å². The van der Waals surface area contributed by atoms with Crippen LogP contribution in [-0.2, 0) is 0 Å². The molecular formula is C9H18ClN. The maximum absolute atomic E-state index is 6.10. The lowest BCUT2D eigenvalue weighted by Crippen LogP contribution is -2.34. The predicted molar refractivity (Wildman–Crippen MR) is 52.0 cm³/mol. The number of halogens is 1. The zero-order valence-electron chi connectivity index (χ0n) is 7.65. The third-order valence-electron chi connectivity index (χ3n) is 1.39. The van der Waals surface area contributed by atoms with E-state index in [2.05, 4.69) is 25.2 Å². The van der Waals surface area contributed by atoms with Gasteiger partial charge in [0.15, 0.2) is 0 Å². The molecule has 0 heterocycles. The highest BCUT2D eigenvalue weighted by molar-refractivity contribution is 6.24.